The first-order valence-corrected chi connectivity index (χ1v) is 8.54. The summed E-state index contributed by atoms with van der Waals surface area (Å²) in [4.78, 5) is 17.5. The fourth-order valence-corrected chi connectivity index (χ4v) is 3.31. The minimum atomic E-state index is -0.254. The summed E-state index contributed by atoms with van der Waals surface area (Å²) in [5.74, 6) is 0.564. The van der Waals surface area contributed by atoms with Crippen LogP contribution in [-0.2, 0) is 7.05 Å². The van der Waals surface area contributed by atoms with E-state index in [1.54, 1.807) is 10.7 Å². The predicted octanol–water partition coefficient (Wildman–Crippen LogP) is 3.82. The number of pyridine rings is 1. The first-order chi connectivity index (χ1) is 12.4. The molecule has 3 aromatic heterocycles. The maximum absolute atomic E-state index is 13.0. The monoisotopic (exact) mass is 348 g/mol. The maximum Gasteiger partial charge on any atom is 0.252 e. The lowest BCUT2D eigenvalue weighted by atomic mass is 10.1. The maximum atomic E-state index is 13.0. The molecule has 0 fully saturated rings. The van der Waals surface area contributed by atoms with Crippen LogP contribution in [0.2, 0.25) is 0 Å². The van der Waals surface area contributed by atoms with Crippen molar-refractivity contribution in [2.45, 2.75) is 26.8 Å². The van der Waals surface area contributed by atoms with Crippen LogP contribution >= 0.6 is 0 Å². The average Bonchev–Trinajstić information content (AvgIpc) is 3.15. The molecule has 6 heteroatoms. The Labute approximate surface area is 150 Å². The van der Waals surface area contributed by atoms with Crippen molar-refractivity contribution in [1.82, 2.24) is 20.1 Å². The van der Waals surface area contributed by atoms with Gasteiger partial charge in [0.1, 0.15) is 11.3 Å². The number of carbonyl (C=O) groups excluding carboxylic acids is 1. The van der Waals surface area contributed by atoms with E-state index in [4.69, 9.17) is 4.42 Å². The Balaban J connectivity index is 1.69. The number of nitrogens with one attached hydrogen (secondary N) is 1. The summed E-state index contributed by atoms with van der Waals surface area (Å²) >= 11 is 0. The number of amides is 1. The second-order valence-corrected chi connectivity index (χ2v) is 6.60. The molecule has 4 aromatic rings. The van der Waals surface area contributed by atoms with Gasteiger partial charge >= 0.3 is 0 Å². The minimum absolute atomic E-state index is 0.162. The minimum Gasteiger partial charge on any atom is -0.459 e. The molecule has 0 bridgehead atoms. The van der Waals surface area contributed by atoms with Crippen LogP contribution in [0.4, 0.5) is 0 Å². The summed E-state index contributed by atoms with van der Waals surface area (Å²) in [6.07, 6.45) is 0. The van der Waals surface area contributed by atoms with Gasteiger partial charge in [0.15, 0.2) is 5.65 Å². The van der Waals surface area contributed by atoms with Crippen molar-refractivity contribution in [2.24, 2.45) is 7.05 Å². The van der Waals surface area contributed by atoms with Crippen LogP contribution in [0.5, 0.6) is 0 Å². The van der Waals surface area contributed by atoms with E-state index in [0.717, 1.165) is 33.5 Å². The van der Waals surface area contributed by atoms with Gasteiger partial charge < -0.3 is 9.73 Å². The highest BCUT2D eigenvalue weighted by molar-refractivity contribution is 6.06. The molecule has 1 atom stereocenters. The molecule has 0 saturated carbocycles. The first kappa shape index (κ1) is 16.3. The third kappa shape index (κ3) is 2.63. The van der Waals surface area contributed by atoms with Crippen LogP contribution in [0.25, 0.3) is 22.0 Å². The zero-order valence-electron chi connectivity index (χ0n) is 15.2. The molecule has 26 heavy (non-hydrogen) atoms. The molecule has 1 aromatic carbocycles. The average molecular weight is 348 g/mol. The van der Waals surface area contributed by atoms with Crippen molar-refractivity contribution < 1.29 is 9.21 Å². The van der Waals surface area contributed by atoms with Gasteiger partial charge in [0.25, 0.3) is 5.91 Å². The van der Waals surface area contributed by atoms with Crippen LogP contribution in [0, 0.1) is 13.8 Å². The summed E-state index contributed by atoms with van der Waals surface area (Å²) in [5.41, 5.74) is 3.68. The van der Waals surface area contributed by atoms with Crippen molar-refractivity contribution in [3.05, 3.63) is 59.1 Å². The molecular formula is C20H20N4O2. The number of hydrogen-bond donors (Lipinski definition) is 1. The molecule has 0 unspecified atom stereocenters. The highest BCUT2D eigenvalue weighted by Crippen LogP contribution is 2.25. The van der Waals surface area contributed by atoms with Crippen molar-refractivity contribution in [2.75, 3.05) is 0 Å². The Morgan fingerprint density at radius 3 is 2.77 bits per heavy atom. The van der Waals surface area contributed by atoms with Crippen LogP contribution in [0.15, 0.2) is 40.8 Å². The van der Waals surface area contributed by atoms with E-state index < -0.39 is 0 Å². The van der Waals surface area contributed by atoms with E-state index >= 15 is 0 Å². The molecule has 1 amide bonds. The third-order valence-electron chi connectivity index (χ3n) is 4.56. The Kier molecular flexibility index (Phi) is 3.76. The third-order valence-corrected chi connectivity index (χ3v) is 4.56. The van der Waals surface area contributed by atoms with Crippen LogP contribution in [0.1, 0.15) is 40.5 Å². The molecule has 132 valence electrons. The number of hydrogen-bond acceptors (Lipinski definition) is 4. The van der Waals surface area contributed by atoms with E-state index in [2.05, 4.69) is 15.4 Å². The number of nitrogens with zero attached hydrogens (tertiary/aromatic N) is 3. The van der Waals surface area contributed by atoms with Crippen molar-refractivity contribution in [3.63, 3.8) is 0 Å². The van der Waals surface area contributed by atoms with Crippen LogP contribution in [-0.4, -0.2) is 20.7 Å². The number of aromatic nitrogens is 3. The van der Waals surface area contributed by atoms with Crippen molar-refractivity contribution in [3.8, 4) is 0 Å². The van der Waals surface area contributed by atoms with E-state index in [9.17, 15) is 4.79 Å². The van der Waals surface area contributed by atoms with Crippen molar-refractivity contribution in [1.29, 1.82) is 0 Å². The largest absolute Gasteiger partial charge is 0.459 e. The first-order valence-electron chi connectivity index (χ1n) is 8.54. The molecule has 4 rings (SSSR count). The Morgan fingerprint density at radius 2 is 2.00 bits per heavy atom. The number of rotatable bonds is 3. The topological polar surface area (TPSA) is 73.0 Å². The molecule has 0 aliphatic heterocycles. The second kappa shape index (κ2) is 5.98. The van der Waals surface area contributed by atoms with Gasteiger partial charge in [-0.05, 0) is 39.0 Å². The fourth-order valence-electron chi connectivity index (χ4n) is 3.31. The molecular weight excluding hydrogens is 328 g/mol. The lowest BCUT2D eigenvalue weighted by Gasteiger charge is -2.12. The Morgan fingerprint density at radius 1 is 1.23 bits per heavy atom. The van der Waals surface area contributed by atoms with E-state index in [0.29, 0.717) is 11.2 Å². The SMILES string of the molecule is Cc1cc(C(=O)N[C@@H](C)c2cc3ccccc3o2)c2c(C)nn(C)c2n1. The van der Waals surface area contributed by atoms with Gasteiger partial charge in [0.2, 0.25) is 0 Å². The molecule has 0 aliphatic rings. The molecule has 6 nitrogen and oxygen atoms in total. The van der Waals surface area contributed by atoms with E-state index in [1.165, 1.54) is 0 Å². The highest BCUT2D eigenvalue weighted by Gasteiger charge is 2.20. The van der Waals surface area contributed by atoms with Crippen molar-refractivity contribution >= 4 is 27.9 Å². The summed E-state index contributed by atoms with van der Waals surface area (Å²) in [6.45, 7) is 5.68. The van der Waals surface area contributed by atoms with Gasteiger partial charge in [0, 0.05) is 18.1 Å². The van der Waals surface area contributed by atoms with E-state index in [1.807, 2.05) is 58.2 Å². The van der Waals surface area contributed by atoms with E-state index in [-0.39, 0.29) is 11.9 Å². The summed E-state index contributed by atoms with van der Waals surface area (Å²) < 4.78 is 7.57. The number of aryl methyl sites for hydroxylation is 3. The number of carbonyl (C=O) groups is 1. The van der Waals surface area contributed by atoms with Gasteiger partial charge in [0.05, 0.1) is 22.7 Å². The lowest BCUT2D eigenvalue weighted by molar-refractivity contribution is 0.0937. The normalized spacial score (nSPS) is 12.6. The van der Waals surface area contributed by atoms with Crippen LogP contribution in [0.3, 0.4) is 0 Å². The standard InChI is InChI=1S/C20H20N4O2/c1-11-9-15(18-13(3)23-24(4)19(18)21-11)20(25)22-12(2)17-10-14-7-5-6-8-16(14)26-17/h5-10,12H,1-4H3,(H,22,25)/t12-/m0/s1. The molecule has 0 saturated heterocycles. The van der Waals surface area contributed by atoms with Gasteiger partial charge in [-0.3, -0.25) is 9.48 Å². The quantitative estimate of drug-likeness (QED) is 0.611. The summed E-state index contributed by atoms with van der Waals surface area (Å²) in [6, 6.07) is 11.3. The zero-order chi connectivity index (χ0) is 18.4. The molecule has 0 spiro atoms. The van der Waals surface area contributed by atoms with Gasteiger partial charge in [-0.15, -0.1) is 0 Å². The number of para-hydroxylation sites is 1. The Hall–Kier alpha value is -3.15. The summed E-state index contributed by atoms with van der Waals surface area (Å²) in [7, 11) is 1.83. The van der Waals surface area contributed by atoms with Gasteiger partial charge in [-0.25, -0.2) is 4.98 Å². The molecule has 0 aliphatic carbocycles. The van der Waals surface area contributed by atoms with Gasteiger partial charge in [-0.2, -0.15) is 5.10 Å². The fraction of sp³-hybridized carbons (Fsp3) is 0.250. The number of benzene rings is 1. The zero-order valence-corrected chi connectivity index (χ0v) is 15.2. The predicted molar refractivity (Wildman–Crippen MR) is 100 cm³/mol. The number of fused-ring (bicyclic) bond motifs is 2. The highest BCUT2D eigenvalue weighted by atomic mass is 16.3. The lowest BCUT2D eigenvalue weighted by Crippen LogP contribution is -2.26. The molecule has 0 radical (unpaired) electrons. The van der Waals surface area contributed by atoms with Crippen LogP contribution < -0.4 is 5.32 Å². The molecule has 1 N–H and O–H groups in total. The number of furan rings is 1. The van der Waals surface area contributed by atoms with Gasteiger partial charge in [-0.1, -0.05) is 18.2 Å². The second-order valence-electron chi connectivity index (χ2n) is 6.60. The summed E-state index contributed by atoms with van der Waals surface area (Å²) in [5, 5.41) is 9.23. The smallest absolute Gasteiger partial charge is 0.252 e. The molecule has 3 heterocycles. The Bertz CT molecular complexity index is 1110.